The summed E-state index contributed by atoms with van der Waals surface area (Å²) in [6, 6.07) is 17.1. The molecule has 0 saturated heterocycles. The molecule has 0 atom stereocenters. The van der Waals surface area contributed by atoms with Gasteiger partial charge in [0.1, 0.15) is 5.60 Å². The fourth-order valence-corrected chi connectivity index (χ4v) is 4.25. The molecule has 0 fully saturated rings. The first-order valence-electron chi connectivity index (χ1n) is 8.51. The van der Waals surface area contributed by atoms with Crippen molar-refractivity contribution >= 4 is 33.0 Å². The molecule has 6 heteroatoms. The third kappa shape index (κ3) is 4.11. The van der Waals surface area contributed by atoms with Crippen LogP contribution in [0.5, 0.6) is 0 Å². The van der Waals surface area contributed by atoms with Gasteiger partial charge in [-0.25, -0.2) is 17.2 Å². The van der Waals surface area contributed by atoms with E-state index < -0.39 is 21.6 Å². The Hall–Kier alpha value is -2.86. The average molecular weight is 383 g/mol. The minimum atomic E-state index is -3.82. The van der Waals surface area contributed by atoms with Gasteiger partial charge in [0.05, 0.1) is 16.1 Å². The van der Waals surface area contributed by atoms with E-state index in [0.717, 1.165) is 5.39 Å². The molecule has 0 unspecified atom stereocenters. The smallest absolute Gasteiger partial charge is 0.331 e. The number of fused-ring (bicyclic) bond motifs is 1. The average Bonchev–Trinajstić information content (AvgIpc) is 2.98. The van der Waals surface area contributed by atoms with Gasteiger partial charge in [-0.05, 0) is 51.1 Å². The van der Waals surface area contributed by atoms with Crippen molar-refractivity contribution in [1.29, 1.82) is 0 Å². The third-order valence-corrected chi connectivity index (χ3v) is 5.53. The molecule has 0 spiro atoms. The topological polar surface area (TPSA) is 65.4 Å². The van der Waals surface area contributed by atoms with Gasteiger partial charge in [-0.2, -0.15) is 0 Å². The first kappa shape index (κ1) is 18.9. The van der Waals surface area contributed by atoms with Crippen molar-refractivity contribution in [2.24, 2.45) is 0 Å². The van der Waals surface area contributed by atoms with Gasteiger partial charge in [-0.1, -0.05) is 36.4 Å². The lowest BCUT2D eigenvalue weighted by Crippen LogP contribution is -2.22. The van der Waals surface area contributed by atoms with Crippen LogP contribution in [0.2, 0.25) is 0 Å². The van der Waals surface area contributed by atoms with Gasteiger partial charge < -0.3 is 4.74 Å². The van der Waals surface area contributed by atoms with E-state index in [1.54, 1.807) is 69.3 Å². The number of rotatable bonds is 4. The Labute approximate surface area is 158 Å². The normalized spacial score (nSPS) is 12.6. The summed E-state index contributed by atoms with van der Waals surface area (Å²) in [5.41, 5.74) is 0.306. The van der Waals surface area contributed by atoms with Crippen LogP contribution in [0.3, 0.4) is 0 Å². The molecule has 0 N–H and O–H groups in total. The number of aromatic nitrogens is 1. The van der Waals surface area contributed by atoms with Crippen LogP contribution in [0.25, 0.3) is 17.0 Å². The summed E-state index contributed by atoms with van der Waals surface area (Å²) in [5.74, 6) is -0.531. The first-order valence-corrected chi connectivity index (χ1v) is 9.95. The van der Waals surface area contributed by atoms with Crippen molar-refractivity contribution in [1.82, 2.24) is 3.97 Å². The Morgan fingerprint density at radius 1 is 1.00 bits per heavy atom. The zero-order valence-electron chi connectivity index (χ0n) is 15.4. The Kier molecular flexibility index (Phi) is 4.93. The van der Waals surface area contributed by atoms with Crippen LogP contribution >= 0.6 is 0 Å². The van der Waals surface area contributed by atoms with E-state index in [1.807, 2.05) is 12.1 Å². The van der Waals surface area contributed by atoms with E-state index >= 15 is 0 Å². The highest BCUT2D eigenvalue weighted by molar-refractivity contribution is 7.90. The van der Waals surface area contributed by atoms with Crippen molar-refractivity contribution in [2.45, 2.75) is 31.3 Å². The summed E-state index contributed by atoms with van der Waals surface area (Å²) in [5, 5.41) is 0.765. The predicted molar refractivity (Wildman–Crippen MR) is 106 cm³/mol. The molecule has 5 nitrogen and oxygen atoms in total. The van der Waals surface area contributed by atoms with Gasteiger partial charge in [0.25, 0.3) is 10.0 Å². The maximum absolute atomic E-state index is 13.2. The minimum Gasteiger partial charge on any atom is -0.457 e. The molecule has 0 radical (unpaired) electrons. The minimum absolute atomic E-state index is 0.179. The largest absolute Gasteiger partial charge is 0.457 e. The monoisotopic (exact) mass is 383 g/mol. The quantitative estimate of drug-likeness (QED) is 0.499. The molecule has 0 aliphatic heterocycles. The molecule has 0 saturated carbocycles. The van der Waals surface area contributed by atoms with Crippen LogP contribution < -0.4 is 0 Å². The van der Waals surface area contributed by atoms with Gasteiger partial charge in [0.15, 0.2) is 0 Å². The SMILES string of the molecule is CC(C)(C)OC(=O)/C=C/c1cc2ccccc2n1S(=O)(=O)c1ccccc1. The number of ether oxygens (including phenoxy) is 1. The van der Waals surface area contributed by atoms with E-state index in [4.69, 9.17) is 4.74 Å². The first-order chi connectivity index (χ1) is 12.7. The lowest BCUT2D eigenvalue weighted by Gasteiger charge is -2.18. The van der Waals surface area contributed by atoms with Crippen LogP contribution in [0.15, 0.2) is 71.6 Å². The lowest BCUT2D eigenvalue weighted by atomic mass is 10.2. The van der Waals surface area contributed by atoms with E-state index in [9.17, 15) is 13.2 Å². The highest BCUT2D eigenvalue weighted by Gasteiger charge is 2.22. The second kappa shape index (κ2) is 7.04. The molecule has 1 heterocycles. The molecule has 2 aromatic carbocycles. The van der Waals surface area contributed by atoms with Crippen molar-refractivity contribution < 1.29 is 17.9 Å². The summed E-state index contributed by atoms with van der Waals surface area (Å²) < 4.78 is 32.9. The van der Waals surface area contributed by atoms with Crippen molar-refractivity contribution in [3.8, 4) is 0 Å². The Bertz CT molecular complexity index is 1100. The summed E-state index contributed by atoms with van der Waals surface area (Å²) in [7, 11) is -3.82. The van der Waals surface area contributed by atoms with E-state index in [1.165, 1.54) is 16.1 Å². The van der Waals surface area contributed by atoms with Gasteiger partial charge >= 0.3 is 5.97 Å². The van der Waals surface area contributed by atoms with Gasteiger partial charge in [0.2, 0.25) is 0 Å². The van der Waals surface area contributed by atoms with Crippen LogP contribution in [0.1, 0.15) is 26.5 Å². The van der Waals surface area contributed by atoms with E-state index in [0.29, 0.717) is 11.2 Å². The molecule has 3 aromatic rings. The number of carbonyl (C=O) groups excluding carboxylic acids is 1. The fraction of sp³-hybridized carbons (Fsp3) is 0.190. The standard InChI is InChI=1S/C21H21NO4S/c1-21(2,3)26-20(23)14-13-17-15-16-9-7-8-12-19(16)22(17)27(24,25)18-10-5-4-6-11-18/h4-15H,1-3H3/b14-13+. The molecule has 0 amide bonds. The molecule has 3 rings (SSSR count). The van der Waals surface area contributed by atoms with Crippen LogP contribution in [-0.4, -0.2) is 24.0 Å². The Morgan fingerprint density at radius 2 is 1.63 bits per heavy atom. The summed E-state index contributed by atoms with van der Waals surface area (Å²) in [6.07, 6.45) is 2.71. The van der Waals surface area contributed by atoms with Gasteiger partial charge in [-0.15, -0.1) is 0 Å². The molecule has 0 bridgehead atoms. The number of benzene rings is 2. The fourth-order valence-electron chi connectivity index (χ4n) is 2.72. The number of esters is 1. The number of hydrogen-bond acceptors (Lipinski definition) is 4. The van der Waals surface area contributed by atoms with Crippen LogP contribution in [0, 0.1) is 0 Å². The highest BCUT2D eigenvalue weighted by atomic mass is 32.2. The number of nitrogens with zero attached hydrogens (tertiary/aromatic N) is 1. The summed E-state index contributed by atoms with van der Waals surface area (Å²) in [4.78, 5) is 12.2. The maximum Gasteiger partial charge on any atom is 0.331 e. The van der Waals surface area contributed by atoms with Crippen molar-refractivity contribution in [3.63, 3.8) is 0 Å². The maximum atomic E-state index is 13.2. The Balaban J connectivity index is 2.12. The molecule has 1 aromatic heterocycles. The summed E-state index contributed by atoms with van der Waals surface area (Å²) in [6.45, 7) is 5.32. The Morgan fingerprint density at radius 3 is 2.30 bits per heavy atom. The molecular weight excluding hydrogens is 362 g/mol. The van der Waals surface area contributed by atoms with Crippen LogP contribution in [0.4, 0.5) is 0 Å². The second-order valence-electron chi connectivity index (χ2n) is 7.08. The molecular formula is C21H21NO4S. The molecule has 0 aliphatic rings. The number of hydrogen-bond donors (Lipinski definition) is 0. The van der Waals surface area contributed by atoms with E-state index in [-0.39, 0.29) is 4.90 Å². The zero-order chi connectivity index (χ0) is 19.7. The number of carbonyl (C=O) groups is 1. The van der Waals surface area contributed by atoms with E-state index in [2.05, 4.69) is 0 Å². The second-order valence-corrected chi connectivity index (χ2v) is 8.86. The molecule has 140 valence electrons. The van der Waals surface area contributed by atoms with Crippen molar-refractivity contribution in [3.05, 3.63) is 72.4 Å². The lowest BCUT2D eigenvalue weighted by molar-refractivity contribution is -0.148. The van der Waals surface area contributed by atoms with Gasteiger partial charge in [0, 0.05) is 11.5 Å². The van der Waals surface area contributed by atoms with Gasteiger partial charge in [-0.3, -0.25) is 0 Å². The van der Waals surface area contributed by atoms with Crippen LogP contribution in [-0.2, 0) is 19.6 Å². The summed E-state index contributed by atoms with van der Waals surface area (Å²) >= 11 is 0. The predicted octanol–water partition coefficient (Wildman–Crippen LogP) is 4.23. The zero-order valence-corrected chi connectivity index (χ0v) is 16.2. The molecule has 0 aliphatic carbocycles. The third-order valence-electron chi connectivity index (χ3n) is 3.77. The number of para-hydroxylation sites is 1. The molecule has 27 heavy (non-hydrogen) atoms. The van der Waals surface area contributed by atoms with Crippen molar-refractivity contribution in [2.75, 3.05) is 0 Å². The highest BCUT2D eigenvalue weighted by Crippen LogP contribution is 2.26.